The maximum atomic E-state index is 12.6. The normalized spacial score (nSPS) is 14.2. The van der Waals surface area contributed by atoms with Crippen LogP contribution in [-0.2, 0) is 4.74 Å². The Balaban J connectivity index is 1.59. The minimum Gasteiger partial charge on any atom is -0.462 e. The molecular formula is C20H23N3O3. The van der Waals surface area contributed by atoms with Gasteiger partial charge in [-0.1, -0.05) is 17.7 Å². The number of hydrogen-bond acceptors (Lipinski definition) is 5. The Labute approximate surface area is 153 Å². The van der Waals surface area contributed by atoms with E-state index in [9.17, 15) is 9.59 Å². The number of piperazine rings is 1. The third-order valence-corrected chi connectivity index (χ3v) is 4.45. The maximum Gasteiger partial charge on any atom is 0.339 e. The SMILES string of the molecule is CCOC(=O)c1ccc(N2CCN(C(=O)c3ccc(C)cc3)CC2)nc1. The molecular weight excluding hydrogens is 330 g/mol. The second-order valence-corrected chi connectivity index (χ2v) is 6.27. The van der Waals surface area contributed by atoms with Gasteiger partial charge in [-0.15, -0.1) is 0 Å². The number of aryl methyl sites for hydroxylation is 1. The highest BCUT2D eigenvalue weighted by atomic mass is 16.5. The molecule has 0 N–H and O–H groups in total. The van der Waals surface area contributed by atoms with Crippen LogP contribution >= 0.6 is 0 Å². The molecule has 0 spiro atoms. The summed E-state index contributed by atoms with van der Waals surface area (Å²) in [5, 5.41) is 0. The van der Waals surface area contributed by atoms with Crippen molar-refractivity contribution in [1.82, 2.24) is 9.88 Å². The largest absolute Gasteiger partial charge is 0.462 e. The number of rotatable bonds is 4. The van der Waals surface area contributed by atoms with Gasteiger partial charge in [0.25, 0.3) is 5.91 Å². The molecule has 2 heterocycles. The van der Waals surface area contributed by atoms with Gasteiger partial charge in [0.2, 0.25) is 0 Å². The lowest BCUT2D eigenvalue weighted by molar-refractivity contribution is 0.0525. The quantitative estimate of drug-likeness (QED) is 0.791. The maximum absolute atomic E-state index is 12.6. The number of carbonyl (C=O) groups excluding carboxylic acids is 2. The van der Waals surface area contributed by atoms with Crippen LogP contribution in [-0.4, -0.2) is 54.5 Å². The Morgan fingerprint density at radius 2 is 1.65 bits per heavy atom. The predicted octanol–water partition coefficient (Wildman–Crippen LogP) is 2.53. The molecule has 0 unspecified atom stereocenters. The van der Waals surface area contributed by atoms with E-state index in [1.165, 1.54) is 6.20 Å². The first-order chi connectivity index (χ1) is 12.6. The molecule has 0 bridgehead atoms. The van der Waals surface area contributed by atoms with Crippen LogP contribution in [0.15, 0.2) is 42.6 Å². The smallest absolute Gasteiger partial charge is 0.339 e. The van der Waals surface area contributed by atoms with Crippen molar-refractivity contribution in [2.75, 3.05) is 37.7 Å². The number of ether oxygens (including phenoxy) is 1. The molecule has 3 rings (SSSR count). The van der Waals surface area contributed by atoms with Gasteiger partial charge in [0.05, 0.1) is 12.2 Å². The van der Waals surface area contributed by atoms with Crippen LogP contribution in [0.1, 0.15) is 33.2 Å². The third-order valence-electron chi connectivity index (χ3n) is 4.45. The molecule has 1 aliphatic heterocycles. The molecule has 2 aromatic rings. The van der Waals surface area contributed by atoms with E-state index >= 15 is 0 Å². The van der Waals surface area contributed by atoms with E-state index in [-0.39, 0.29) is 11.9 Å². The summed E-state index contributed by atoms with van der Waals surface area (Å²) in [5.74, 6) is 0.510. The number of hydrogen-bond donors (Lipinski definition) is 0. The first-order valence-electron chi connectivity index (χ1n) is 8.82. The van der Waals surface area contributed by atoms with Crippen molar-refractivity contribution >= 4 is 17.7 Å². The van der Waals surface area contributed by atoms with Crippen molar-refractivity contribution in [3.63, 3.8) is 0 Å². The van der Waals surface area contributed by atoms with Crippen LogP contribution < -0.4 is 4.90 Å². The van der Waals surface area contributed by atoms with Crippen LogP contribution in [0.4, 0.5) is 5.82 Å². The summed E-state index contributed by atoms with van der Waals surface area (Å²) in [7, 11) is 0. The van der Waals surface area contributed by atoms with Gasteiger partial charge >= 0.3 is 5.97 Å². The minimum atomic E-state index is -0.361. The van der Waals surface area contributed by atoms with Crippen molar-refractivity contribution < 1.29 is 14.3 Å². The van der Waals surface area contributed by atoms with Crippen molar-refractivity contribution in [3.8, 4) is 0 Å². The first kappa shape index (κ1) is 17.9. The van der Waals surface area contributed by atoms with Gasteiger partial charge in [0.1, 0.15) is 5.82 Å². The molecule has 0 aliphatic carbocycles. The molecule has 1 fully saturated rings. The summed E-state index contributed by atoms with van der Waals surface area (Å²) in [4.78, 5) is 32.6. The highest BCUT2D eigenvalue weighted by Gasteiger charge is 2.23. The molecule has 136 valence electrons. The Morgan fingerprint density at radius 1 is 1.00 bits per heavy atom. The molecule has 1 aromatic carbocycles. The number of nitrogens with zero attached hydrogens (tertiary/aromatic N) is 3. The average molecular weight is 353 g/mol. The molecule has 1 amide bonds. The van der Waals surface area contributed by atoms with E-state index in [4.69, 9.17) is 4.74 Å². The van der Waals surface area contributed by atoms with Crippen molar-refractivity contribution in [2.24, 2.45) is 0 Å². The summed E-state index contributed by atoms with van der Waals surface area (Å²) in [5.41, 5.74) is 2.31. The summed E-state index contributed by atoms with van der Waals surface area (Å²) in [6.07, 6.45) is 1.54. The van der Waals surface area contributed by atoms with Gasteiger partial charge in [0.15, 0.2) is 0 Å². The van der Waals surface area contributed by atoms with E-state index in [2.05, 4.69) is 9.88 Å². The third kappa shape index (κ3) is 4.02. The van der Waals surface area contributed by atoms with E-state index in [1.807, 2.05) is 42.2 Å². The average Bonchev–Trinajstić information content (AvgIpc) is 2.68. The standard InChI is InChI=1S/C20H23N3O3/c1-3-26-20(25)17-8-9-18(21-14-17)22-10-12-23(13-11-22)19(24)16-6-4-15(2)5-7-16/h4-9,14H,3,10-13H2,1-2H3. The highest BCUT2D eigenvalue weighted by molar-refractivity contribution is 5.94. The minimum absolute atomic E-state index is 0.0651. The summed E-state index contributed by atoms with van der Waals surface area (Å²) < 4.78 is 4.97. The molecule has 0 atom stereocenters. The molecule has 0 radical (unpaired) electrons. The second-order valence-electron chi connectivity index (χ2n) is 6.27. The van der Waals surface area contributed by atoms with Gasteiger partial charge in [-0.25, -0.2) is 9.78 Å². The molecule has 6 heteroatoms. The molecule has 6 nitrogen and oxygen atoms in total. The van der Waals surface area contributed by atoms with E-state index in [0.29, 0.717) is 38.3 Å². The summed E-state index contributed by atoms with van der Waals surface area (Å²) >= 11 is 0. The monoisotopic (exact) mass is 353 g/mol. The van der Waals surface area contributed by atoms with Crippen LogP contribution in [0.5, 0.6) is 0 Å². The fourth-order valence-electron chi connectivity index (χ4n) is 2.93. The van der Waals surface area contributed by atoms with E-state index in [0.717, 1.165) is 16.9 Å². The number of carbonyl (C=O) groups is 2. The molecule has 1 saturated heterocycles. The zero-order valence-corrected chi connectivity index (χ0v) is 15.1. The number of amides is 1. The number of anilines is 1. The Kier molecular flexibility index (Phi) is 5.51. The fraction of sp³-hybridized carbons (Fsp3) is 0.350. The highest BCUT2D eigenvalue weighted by Crippen LogP contribution is 2.16. The predicted molar refractivity (Wildman–Crippen MR) is 99.5 cm³/mol. The lowest BCUT2D eigenvalue weighted by atomic mass is 10.1. The molecule has 1 aliphatic rings. The zero-order valence-electron chi connectivity index (χ0n) is 15.1. The van der Waals surface area contributed by atoms with E-state index < -0.39 is 0 Å². The number of benzene rings is 1. The van der Waals surface area contributed by atoms with Gasteiger partial charge in [-0.3, -0.25) is 4.79 Å². The lowest BCUT2D eigenvalue weighted by Crippen LogP contribution is -2.49. The van der Waals surface area contributed by atoms with Gasteiger partial charge in [-0.2, -0.15) is 0 Å². The molecule has 26 heavy (non-hydrogen) atoms. The Hall–Kier alpha value is -2.89. The topological polar surface area (TPSA) is 62.7 Å². The summed E-state index contributed by atoms with van der Waals surface area (Å²) in [6, 6.07) is 11.2. The Morgan fingerprint density at radius 3 is 2.23 bits per heavy atom. The second kappa shape index (κ2) is 7.99. The van der Waals surface area contributed by atoms with Gasteiger partial charge < -0.3 is 14.5 Å². The van der Waals surface area contributed by atoms with Gasteiger partial charge in [0, 0.05) is 37.9 Å². The van der Waals surface area contributed by atoms with Gasteiger partial charge in [-0.05, 0) is 38.1 Å². The molecule has 0 saturated carbocycles. The number of esters is 1. The van der Waals surface area contributed by atoms with Crippen LogP contribution in [0, 0.1) is 6.92 Å². The lowest BCUT2D eigenvalue weighted by Gasteiger charge is -2.35. The molecule has 1 aromatic heterocycles. The van der Waals surface area contributed by atoms with Crippen molar-refractivity contribution in [2.45, 2.75) is 13.8 Å². The summed E-state index contributed by atoms with van der Waals surface area (Å²) in [6.45, 7) is 6.84. The number of pyridine rings is 1. The van der Waals surface area contributed by atoms with Crippen LogP contribution in [0.25, 0.3) is 0 Å². The van der Waals surface area contributed by atoms with Crippen LogP contribution in [0.3, 0.4) is 0 Å². The fourth-order valence-corrected chi connectivity index (χ4v) is 2.93. The zero-order chi connectivity index (χ0) is 18.5. The van der Waals surface area contributed by atoms with E-state index in [1.54, 1.807) is 13.0 Å². The first-order valence-corrected chi connectivity index (χ1v) is 8.82. The number of aromatic nitrogens is 1. The Bertz CT molecular complexity index is 764. The van der Waals surface area contributed by atoms with Crippen LogP contribution in [0.2, 0.25) is 0 Å². The van der Waals surface area contributed by atoms with Crippen molar-refractivity contribution in [3.05, 3.63) is 59.3 Å². The van der Waals surface area contributed by atoms with Crippen molar-refractivity contribution in [1.29, 1.82) is 0 Å².